The molecule has 19 heavy (non-hydrogen) atoms. The molecule has 1 aromatic rings. The molecule has 1 rings (SSSR count). The SMILES string of the molecule is Cc1c([N+](=O)[O-])cn(CCC(C)CCS)c(=O)c1Br. The Labute approximate surface area is 125 Å². The van der Waals surface area contributed by atoms with Gasteiger partial charge in [-0.2, -0.15) is 12.6 Å². The first-order chi connectivity index (χ1) is 8.88. The van der Waals surface area contributed by atoms with Crippen LogP contribution in [0.3, 0.4) is 0 Å². The lowest BCUT2D eigenvalue weighted by Crippen LogP contribution is -2.23. The third-order valence-electron chi connectivity index (χ3n) is 3.12. The molecule has 0 radical (unpaired) electrons. The Balaban J connectivity index is 3.02. The molecule has 0 bridgehead atoms. The van der Waals surface area contributed by atoms with E-state index in [-0.39, 0.29) is 15.7 Å². The highest BCUT2D eigenvalue weighted by Crippen LogP contribution is 2.22. The molecule has 0 fully saturated rings. The largest absolute Gasteiger partial charge is 0.308 e. The van der Waals surface area contributed by atoms with Crippen molar-refractivity contribution in [3.63, 3.8) is 0 Å². The number of halogens is 1. The quantitative estimate of drug-likeness (QED) is 0.487. The van der Waals surface area contributed by atoms with Gasteiger partial charge < -0.3 is 4.57 Å². The van der Waals surface area contributed by atoms with Crippen LogP contribution in [0.4, 0.5) is 5.69 Å². The Morgan fingerprint density at radius 1 is 1.53 bits per heavy atom. The Bertz CT molecular complexity index is 530. The number of nitro groups is 1. The minimum atomic E-state index is -0.465. The molecule has 0 N–H and O–H groups in total. The summed E-state index contributed by atoms with van der Waals surface area (Å²) in [6.07, 6.45) is 3.09. The first-order valence-corrected chi connectivity index (χ1v) is 7.45. The molecule has 106 valence electrons. The minimum absolute atomic E-state index is 0.0340. The fourth-order valence-electron chi connectivity index (χ4n) is 1.78. The summed E-state index contributed by atoms with van der Waals surface area (Å²) in [6, 6.07) is 0. The number of hydrogen-bond acceptors (Lipinski definition) is 4. The van der Waals surface area contributed by atoms with Gasteiger partial charge in [0.2, 0.25) is 0 Å². The fraction of sp³-hybridized carbons (Fsp3) is 0.583. The van der Waals surface area contributed by atoms with E-state index < -0.39 is 4.92 Å². The lowest BCUT2D eigenvalue weighted by atomic mass is 10.1. The van der Waals surface area contributed by atoms with Crippen molar-refractivity contribution in [1.82, 2.24) is 4.57 Å². The maximum absolute atomic E-state index is 12.0. The second kappa shape index (κ2) is 7.09. The van der Waals surface area contributed by atoms with Crippen molar-refractivity contribution >= 4 is 34.2 Å². The maximum atomic E-state index is 12.0. The second-order valence-corrected chi connectivity index (χ2v) is 5.86. The van der Waals surface area contributed by atoms with Crippen LogP contribution in [0.1, 0.15) is 25.3 Å². The average Bonchev–Trinajstić information content (AvgIpc) is 2.35. The van der Waals surface area contributed by atoms with Gasteiger partial charge in [0.15, 0.2) is 0 Å². The zero-order valence-electron chi connectivity index (χ0n) is 10.9. The summed E-state index contributed by atoms with van der Waals surface area (Å²) < 4.78 is 1.67. The molecule has 5 nitrogen and oxygen atoms in total. The Morgan fingerprint density at radius 2 is 2.16 bits per heavy atom. The van der Waals surface area contributed by atoms with Crippen LogP contribution in [-0.2, 0) is 6.54 Å². The molecule has 0 aliphatic carbocycles. The number of hydrogen-bond donors (Lipinski definition) is 1. The van der Waals surface area contributed by atoms with Gasteiger partial charge in [-0.25, -0.2) is 0 Å². The van der Waals surface area contributed by atoms with Crippen molar-refractivity contribution in [3.8, 4) is 0 Å². The summed E-state index contributed by atoms with van der Waals surface area (Å²) in [4.78, 5) is 22.5. The van der Waals surface area contributed by atoms with E-state index in [2.05, 4.69) is 35.5 Å². The molecular formula is C12H17BrN2O3S. The zero-order valence-corrected chi connectivity index (χ0v) is 13.4. The maximum Gasteiger partial charge on any atom is 0.289 e. The van der Waals surface area contributed by atoms with Crippen molar-refractivity contribution in [2.24, 2.45) is 5.92 Å². The normalized spacial score (nSPS) is 12.4. The van der Waals surface area contributed by atoms with E-state index in [1.807, 2.05) is 0 Å². The number of nitrogens with zero attached hydrogens (tertiary/aromatic N) is 2. The molecule has 0 aliphatic rings. The monoisotopic (exact) mass is 348 g/mol. The number of rotatable bonds is 6. The highest BCUT2D eigenvalue weighted by molar-refractivity contribution is 9.10. The van der Waals surface area contributed by atoms with Crippen molar-refractivity contribution in [3.05, 3.63) is 36.7 Å². The summed E-state index contributed by atoms with van der Waals surface area (Å²) in [7, 11) is 0. The molecule has 0 aromatic carbocycles. The Morgan fingerprint density at radius 3 is 2.68 bits per heavy atom. The molecule has 0 amide bonds. The summed E-state index contributed by atoms with van der Waals surface area (Å²) in [5.41, 5.74) is 0.115. The smallest absolute Gasteiger partial charge is 0.289 e. The van der Waals surface area contributed by atoms with Crippen molar-refractivity contribution in [2.75, 3.05) is 5.75 Å². The van der Waals surface area contributed by atoms with E-state index in [0.29, 0.717) is 18.0 Å². The molecule has 1 unspecified atom stereocenters. The van der Waals surface area contributed by atoms with Gasteiger partial charge in [-0.3, -0.25) is 14.9 Å². The molecule has 1 atom stereocenters. The molecular weight excluding hydrogens is 332 g/mol. The van der Waals surface area contributed by atoms with Gasteiger partial charge in [0.25, 0.3) is 11.2 Å². The Kier molecular flexibility index (Phi) is 6.06. The molecule has 0 saturated heterocycles. The van der Waals surface area contributed by atoms with Crippen LogP contribution in [0.15, 0.2) is 15.5 Å². The summed E-state index contributed by atoms with van der Waals surface area (Å²) >= 11 is 7.30. The van der Waals surface area contributed by atoms with Gasteiger partial charge in [-0.1, -0.05) is 6.92 Å². The first-order valence-electron chi connectivity index (χ1n) is 6.03. The van der Waals surface area contributed by atoms with E-state index in [1.54, 1.807) is 6.92 Å². The topological polar surface area (TPSA) is 65.1 Å². The summed E-state index contributed by atoms with van der Waals surface area (Å²) in [5, 5.41) is 10.9. The zero-order chi connectivity index (χ0) is 14.6. The van der Waals surface area contributed by atoms with Gasteiger partial charge >= 0.3 is 0 Å². The van der Waals surface area contributed by atoms with Crippen LogP contribution < -0.4 is 5.56 Å². The minimum Gasteiger partial charge on any atom is -0.308 e. The third-order valence-corrected chi connectivity index (χ3v) is 4.31. The molecule has 1 aromatic heterocycles. The summed E-state index contributed by atoms with van der Waals surface area (Å²) in [6.45, 7) is 4.13. The molecule has 0 saturated carbocycles. The number of pyridine rings is 1. The van der Waals surface area contributed by atoms with Crippen LogP contribution >= 0.6 is 28.6 Å². The molecule has 0 spiro atoms. The lowest BCUT2D eigenvalue weighted by molar-refractivity contribution is -0.386. The van der Waals surface area contributed by atoms with Crippen molar-refractivity contribution in [1.29, 1.82) is 0 Å². The van der Waals surface area contributed by atoms with Crippen LogP contribution in [0, 0.1) is 23.0 Å². The standard InChI is InChI=1S/C12H17BrN2O3S/c1-8(4-6-19)3-5-14-7-10(15(17)18)9(2)11(13)12(14)16/h7-8,19H,3-6H2,1-2H3. The van der Waals surface area contributed by atoms with E-state index in [0.717, 1.165) is 18.6 Å². The molecule has 0 aliphatic heterocycles. The van der Waals surface area contributed by atoms with Gasteiger partial charge in [0.1, 0.15) is 0 Å². The predicted molar refractivity (Wildman–Crippen MR) is 82.0 cm³/mol. The predicted octanol–water partition coefficient (Wildman–Crippen LogP) is 3.17. The van der Waals surface area contributed by atoms with Crippen molar-refractivity contribution < 1.29 is 4.92 Å². The van der Waals surface area contributed by atoms with Gasteiger partial charge in [-0.05, 0) is 47.4 Å². The average molecular weight is 349 g/mol. The lowest BCUT2D eigenvalue weighted by Gasteiger charge is -2.12. The van der Waals surface area contributed by atoms with Crippen LogP contribution in [-0.4, -0.2) is 15.2 Å². The van der Waals surface area contributed by atoms with Crippen molar-refractivity contribution in [2.45, 2.75) is 33.2 Å². The number of thiol groups is 1. The van der Waals surface area contributed by atoms with E-state index in [1.165, 1.54) is 10.8 Å². The molecule has 1 heterocycles. The summed E-state index contributed by atoms with van der Waals surface area (Å²) in [5.74, 6) is 1.23. The van der Waals surface area contributed by atoms with Gasteiger partial charge in [-0.15, -0.1) is 0 Å². The molecule has 7 heteroatoms. The van der Waals surface area contributed by atoms with Gasteiger partial charge in [0, 0.05) is 12.1 Å². The van der Waals surface area contributed by atoms with E-state index >= 15 is 0 Å². The number of aromatic nitrogens is 1. The van der Waals surface area contributed by atoms with Gasteiger partial charge in [0.05, 0.1) is 15.6 Å². The number of aryl methyl sites for hydroxylation is 1. The second-order valence-electron chi connectivity index (χ2n) is 4.62. The van der Waals surface area contributed by atoms with E-state index in [9.17, 15) is 14.9 Å². The first kappa shape index (κ1) is 16.2. The van der Waals surface area contributed by atoms with Crippen LogP contribution in [0.5, 0.6) is 0 Å². The van der Waals surface area contributed by atoms with E-state index in [4.69, 9.17) is 0 Å². The fourth-order valence-corrected chi connectivity index (χ4v) is 2.65. The third kappa shape index (κ3) is 4.07. The highest BCUT2D eigenvalue weighted by atomic mass is 79.9. The van der Waals surface area contributed by atoms with Crippen LogP contribution in [0.2, 0.25) is 0 Å². The van der Waals surface area contributed by atoms with Crippen LogP contribution in [0.25, 0.3) is 0 Å². The Hall–Kier alpha value is -0.820. The highest BCUT2D eigenvalue weighted by Gasteiger charge is 2.18.